The second-order valence-electron chi connectivity index (χ2n) is 6.95. The van der Waals surface area contributed by atoms with Gasteiger partial charge in [0.25, 0.3) is 0 Å². The highest BCUT2D eigenvalue weighted by atomic mass is 16.2. The van der Waals surface area contributed by atoms with Crippen LogP contribution in [0.2, 0.25) is 0 Å². The summed E-state index contributed by atoms with van der Waals surface area (Å²) in [7, 11) is 2.10. The van der Waals surface area contributed by atoms with Crippen LogP contribution in [-0.2, 0) is 16.0 Å². The summed E-state index contributed by atoms with van der Waals surface area (Å²) in [6, 6.07) is 9.86. The average Bonchev–Trinajstić information content (AvgIpc) is 2.63. The van der Waals surface area contributed by atoms with Crippen molar-refractivity contribution in [2.45, 2.75) is 19.3 Å². The van der Waals surface area contributed by atoms with Crippen LogP contribution in [0.5, 0.6) is 0 Å². The maximum absolute atomic E-state index is 12.6. The van der Waals surface area contributed by atoms with Crippen molar-refractivity contribution in [3.63, 3.8) is 0 Å². The summed E-state index contributed by atoms with van der Waals surface area (Å²) in [5, 5.41) is 0. The van der Waals surface area contributed by atoms with Crippen LogP contribution in [0.3, 0.4) is 0 Å². The van der Waals surface area contributed by atoms with Crippen LogP contribution in [0, 0.1) is 5.92 Å². The molecule has 0 spiro atoms. The summed E-state index contributed by atoms with van der Waals surface area (Å²) in [4.78, 5) is 31.2. The summed E-state index contributed by atoms with van der Waals surface area (Å²) < 4.78 is 0. The van der Waals surface area contributed by atoms with Gasteiger partial charge >= 0.3 is 0 Å². The van der Waals surface area contributed by atoms with Gasteiger partial charge in [0.2, 0.25) is 11.8 Å². The number of piperidine rings is 1. The van der Waals surface area contributed by atoms with E-state index in [4.69, 9.17) is 0 Å². The molecule has 0 atom stereocenters. The third kappa shape index (κ3) is 4.15. The standard InChI is InChI=1S/C19H27N3O2/c1-20-11-13-22(14-12-20)19(24)17-7-9-21(10-8-17)18(23)15-16-5-3-2-4-6-16/h2-6,17H,7-15H2,1H3. The monoisotopic (exact) mass is 329 g/mol. The lowest BCUT2D eigenvalue weighted by Gasteiger charge is -2.37. The summed E-state index contributed by atoms with van der Waals surface area (Å²) >= 11 is 0. The van der Waals surface area contributed by atoms with Crippen molar-refractivity contribution >= 4 is 11.8 Å². The van der Waals surface area contributed by atoms with Crippen LogP contribution in [-0.4, -0.2) is 72.8 Å². The Labute approximate surface area is 144 Å². The first-order valence-corrected chi connectivity index (χ1v) is 8.92. The zero-order valence-corrected chi connectivity index (χ0v) is 14.5. The molecule has 2 aliphatic heterocycles. The fourth-order valence-corrected chi connectivity index (χ4v) is 3.54. The van der Waals surface area contributed by atoms with Crippen molar-refractivity contribution in [1.29, 1.82) is 0 Å². The Morgan fingerprint density at radius 2 is 1.54 bits per heavy atom. The number of likely N-dealkylation sites (N-methyl/N-ethyl adjacent to an activating group) is 1. The van der Waals surface area contributed by atoms with Gasteiger partial charge in [-0.3, -0.25) is 9.59 Å². The fraction of sp³-hybridized carbons (Fsp3) is 0.579. The van der Waals surface area contributed by atoms with Gasteiger partial charge < -0.3 is 14.7 Å². The van der Waals surface area contributed by atoms with Crippen LogP contribution in [0.1, 0.15) is 18.4 Å². The number of amides is 2. The lowest BCUT2D eigenvalue weighted by molar-refractivity contribution is -0.141. The number of likely N-dealkylation sites (tertiary alicyclic amines) is 1. The number of benzene rings is 1. The van der Waals surface area contributed by atoms with Crippen LogP contribution >= 0.6 is 0 Å². The largest absolute Gasteiger partial charge is 0.342 e. The Kier molecular flexibility index (Phi) is 5.51. The molecule has 2 saturated heterocycles. The van der Waals surface area contributed by atoms with Crippen LogP contribution in [0.4, 0.5) is 0 Å². The number of rotatable bonds is 3. The van der Waals surface area contributed by atoms with E-state index < -0.39 is 0 Å². The van der Waals surface area contributed by atoms with Crippen molar-refractivity contribution in [1.82, 2.24) is 14.7 Å². The van der Waals surface area contributed by atoms with Crippen molar-refractivity contribution in [2.75, 3.05) is 46.3 Å². The topological polar surface area (TPSA) is 43.9 Å². The minimum atomic E-state index is 0.0918. The SMILES string of the molecule is CN1CCN(C(=O)C2CCN(C(=O)Cc3ccccc3)CC2)CC1. The number of carbonyl (C=O) groups is 2. The lowest BCUT2D eigenvalue weighted by Crippen LogP contribution is -2.51. The predicted molar refractivity (Wildman–Crippen MR) is 93.5 cm³/mol. The molecule has 0 unspecified atom stereocenters. The van der Waals surface area contributed by atoms with Gasteiger partial charge in [-0.2, -0.15) is 0 Å². The summed E-state index contributed by atoms with van der Waals surface area (Å²) in [5.74, 6) is 0.555. The van der Waals surface area contributed by atoms with E-state index in [9.17, 15) is 9.59 Å². The number of carbonyl (C=O) groups excluding carboxylic acids is 2. The molecule has 2 fully saturated rings. The molecule has 3 rings (SSSR count). The van der Waals surface area contributed by atoms with E-state index in [1.54, 1.807) is 0 Å². The molecule has 0 radical (unpaired) electrons. The van der Waals surface area contributed by atoms with E-state index in [1.807, 2.05) is 40.1 Å². The highest BCUT2D eigenvalue weighted by Crippen LogP contribution is 2.21. The van der Waals surface area contributed by atoms with E-state index in [-0.39, 0.29) is 11.8 Å². The molecule has 1 aromatic rings. The first kappa shape index (κ1) is 17.0. The molecule has 0 saturated carbocycles. The smallest absolute Gasteiger partial charge is 0.226 e. The van der Waals surface area contributed by atoms with Crippen molar-refractivity contribution < 1.29 is 9.59 Å². The first-order chi connectivity index (χ1) is 11.6. The molecule has 0 aliphatic carbocycles. The van der Waals surface area contributed by atoms with Crippen LogP contribution in [0.25, 0.3) is 0 Å². The molecule has 5 heteroatoms. The molecule has 0 bridgehead atoms. The van der Waals surface area contributed by atoms with E-state index in [1.165, 1.54) is 0 Å². The van der Waals surface area contributed by atoms with Gasteiger partial charge in [0.15, 0.2) is 0 Å². The van der Waals surface area contributed by atoms with Crippen molar-refractivity contribution in [3.05, 3.63) is 35.9 Å². The Hall–Kier alpha value is -1.88. The predicted octanol–water partition coefficient (Wildman–Crippen LogP) is 1.24. The lowest BCUT2D eigenvalue weighted by atomic mass is 9.94. The van der Waals surface area contributed by atoms with Crippen molar-refractivity contribution in [2.24, 2.45) is 5.92 Å². The Bertz CT molecular complexity index is 559. The van der Waals surface area contributed by atoms with E-state index in [2.05, 4.69) is 11.9 Å². The normalized spacial score (nSPS) is 20.2. The molecule has 5 nitrogen and oxygen atoms in total. The number of hydrogen-bond donors (Lipinski definition) is 0. The molecular weight excluding hydrogens is 302 g/mol. The molecule has 2 aliphatic rings. The molecule has 24 heavy (non-hydrogen) atoms. The molecular formula is C19H27N3O2. The van der Waals surface area contributed by atoms with Crippen LogP contribution in [0.15, 0.2) is 30.3 Å². The number of nitrogens with zero attached hydrogens (tertiary/aromatic N) is 3. The highest BCUT2D eigenvalue weighted by Gasteiger charge is 2.31. The van der Waals surface area contributed by atoms with Gasteiger partial charge in [-0.25, -0.2) is 0 Å². The van der Waals surface area contributed by atoms with Gasteiger partial charge in [0, 0.05) is 45.2 Å². The average molecular weight is 329 g/mol. The maximum atomic E-state index is 12.6. The van der Waals surface area contributed by atoms with Crippen LogP contribution < -0.4 is 0 Å². The highest BCUT2D eigenvalue weighted by molar-refractivity contribution is 5.81. The van der Waals surface area contributed by atoms with Gasteiger partial charge in [0.1, 0.15) is 0 Å². The van der Waals surface area contributed by atoms with Crippen molar-refractivity contribution in [3.8, 4) is 0 Å². The van der Waals surface area contributed by atoms with Gasteiger partial charge in [-0.1, -0.05) is 30.3 Å². The molecule has 1 aromatic carbocycles. The third-order valence-corrected chi connectivity index (χ3v) is 5.21. The van der Waals surface area contributed by atoms with Gasteiger partial charge in [-0.05, 0) is 25.5 Å². The second-order valence-corrected chi connectivity index (χ2v) is 6.95. The Balaban J connectivity index is 1.47. The molecule has 0 aromatic heterocycles. The van der Waals surface area contributed by atoms with E-state index in [0.717, 1.165) is 44.6 Å². The molecule has 0 N–H and O–H groups in total. The summed E-state index contributed by atoms with van der Waals surface area (Å²) in [5.41, 5.74) is 1.05. The molecule has 2 heterocycles. The van der Waals surface area contributed by atoms with E-state index >= 15 is 0 Å². The minimum absolute atomic E-state index is 0.0918. The maximum Gasteiger partial charge on any atom is 0.226 e. The number of piperazine rings is 1. The Morgan fingerprint density at radius 3 is 2.17 bits per heavy atom. The zero-order valence-electron chi connectivity index (χ0n) is 14.5. The Morgan fingerprint density at radius 1 is 0.917 bits per heavy atom. The fourth-order valence-electron chi connectivity index (χ4n) is 3.54. The molecule has 130 valence electrons. The first-order valence-electron chi connectivity index (χ1n) is 8.92. The minimum Gasteiger partial charge on any atom is -0.342 e. The zero-order chi connectivity index (χ0) is 16.9. The van der Waals surface area contributed by atoms with E-state index in [0.29, 0.717) is 25.4 Å². The molecule has 2 amide bonds. The second kappa shape index (κ2) is 7.79. The summed E-state index contributed by atoms with van der Waals surface area (Å²) in [6.07, 6.45) is 2.05. The third-order valence-electron chi connectivity index (χ3n) is 5.21. The van der Waals surface area contributed by atoms with Gasteiger partial charge in [0.05, 0.1) is 6.42 Å². The number of hydrogen-bond acceptors (Lipinski definition) is 3. The quantitative estimate of drug-likeness (QED) is 0.838. The van der Waals surface area contributed by atoms with Gasteiger partial charge in [-0.15, -0.1) is 0 Å². The summed E-state index contributed by atoms with van der Waals surface area (Å²) in [6.45, 7) is 5.00.